The van der Waals surface area contributed by atoms with Crippen LogP contribution in [0.25, 0.3) is 0 Å². The molecule has 1 unspecified atom stereocenters. The number of carbonyl (C=O) groups is 1. The van der Waals surface area contributed by atoms with E-state index in [2.05, 4.69) is 0 Å². The Hall–Kier alpha value is -1.27. The van der Waals surface area contributed by atoms with E-state index in [1.54, 1.807) is 4.90 Å². The van der Waals surface area contributed by atoms with Gasteiger partial charge in [0.05, 0.1) is 5.56 Å². The Morgan fingerprint density at radius 1 is 1.33 bits per heavy atom. The van der Waals surface area contributed by atoms with Crippen molar-refractivity contribution in [1.29, 1.82) is 0 Å². The molecule has 1 amide bonds. The SMILES string of the molecule is CN(C)C1CCN(C(=O)c2cc(Cl)cc(C(F)(F)F)c2)C1. The summed E-state index contributed by atoms with van der Waals surface area (Å²) in [6.45, 7) is 1.05. The molecule has 1 aliphatic rings. The molecule has 0 aliphatic carbocycles. The van der Waals surface area contributed by atoms with Crippen molar-refractivity contribution in [3.05, 3.63) is 34.3 Å². The molecule has 0 spiro atoms. The van der Waals surface area contributed by atoms with Crippen molar-refractivity contribution >= 4 is 17.5 Å². The molecule has 0 N–H and O–H groups in total. The van der Waals surface area contributed by atoms with E-state index < -0.39 is 17.6 Å². The van der Waals surface area contributed by atoms with Crippen molar-refractivity contribution in [2.24, 2.45) is 0 Å². The fourth-order valence-corrected chi connectivity index (χ4v) is 2.64. The van der Waals surface area contributed by atoms with Gasteiger partial charge in [-0.25, -0.2) is 0 Å². The van der Waals surface area contributed by atoms with Gasteiger partial charge in [-0.1, -0.05) is 11.6 Å². The smallest absolute Gasteiger partial charge is 0.337 e. The van der Waals surface area contributed by atoms with Gasteiger partial charge < -0.3 is 9.80 Å². The molecule has 1 fully saturated rings. The monoisotopic (exact) mass is 320 g/mol. The number of rotatable bonds is 2. The summed E-state index contributed by atoms with van der Waals surface area (Å²) < 4.78 is 38.3. The summed E-state index contributed by atoms with van der Waals surface area (Å²) in [5.74, 6) is -0.410. The normalized spacial score (nSPS) is 19.4. The van der Waals surface area contributed by atoms with Crippen LogP contribution in [0.4, 0.5) is 13.2 Å². The van der Waals surface area contributed by atoms with Crippen LogP contribution in [0.1, 0.15) is 22.3 Å². The van der Waals surface area contributed by atoms with Crippen molar-refractivity contribution in [3.63, 3.8) is 0 Å². The zero-order valence-electron chi connectivity index (χ0n) is 11.7. The highest BCUT2D eigenvalue weighted by molar-refractivity contribution is 6.31. The molecule has 1 aliphatic heterocycles. The van der Waals surface area contributed by atoms with Gasteiger partial charge in [-0.3, -0.25) is 4.79 Å². The number of nitrogens with zero attached hydrogens (tertiary/aromatic N) is 2. The standard InChI is InChI=1S/C14H16ClF3N2O/c1-19(2)12-3-4-20(8-12)13(21)9-5-10(14(16,17)18)7-11(15)6-9/h5-7,12H,3-4,8H2,1-2H3. The van der Waals surface area contributed by atoms with E-state index in [0.29, 0.717) is 13.1 Å². The third kappa shape index (κ3) is 3.68. The number of hydrogen-bond donors (Lipinski definition) is 0. The molecular formula is C14H16ClF3N2O. The largest absolute Gasteiger partial charge is 0.416 e. The molecule has 1 aromatic carbocycles. The molecular weight excluding hydrogens is 305 g/mol. The second kappa shape index (κ2) is 5.85. The average Bonchev–Trinajstić information content (AvgIpc) is 2.85. The summed E-state index contributed by atoms with van der Waals surface area (Å²) in [4.78, 5) is 15.9. The van der Waals surface area contributed by atoms with Crippen LogP contribution in [0.5, 0.6) is 0 Å². The zero-order chi connectivity index (χ0) is 15.8. The first-order valence-electron chi connectivity index (χ1n) is 6.52. The molecule has 0 radical (unpaired) electrons. The number of benzene rings is 1. The minimum atomic E-state index is -4.52. The summed E-state index contributed by atoms with van der Waals surface area (Å²) in [5.41, 5.74) is -0.920. The van der Waals surface area contributed by atoms with Crippen LogP contribution in [-0.4, -0.2) is 48.9 Å². The highest BCUT2D eigenvalue weighted by Crippen LogP contribution is 2.32. The van der Waals surface area contributed by atoms with Crippen molar-refractivity contribution in [2.75, 3.05) is 27.2 Å². The number of likely N-dealkylation sites (N-methyl/N-ethyl adjacent to an activating group) is 1. The molecule has 0 aromatic heterocycles. The fraction of sp³-hybridized carbons (Fsp3) is 0.500. The van der Waals surface area contributed by atoms with Gasteiger partial charge in [-0.2, -0.15) is 13.2 Å². The lowest BCUT2D eigenvalue weighted by atomic mass is 10.1. The molecule has 21 heavy (non-hydrogen) atoms. The van der Waals surface area contributed by atoms with Crippen molar-refractivity contribution in [1.82, 2.24) is 9.80 Å². The first-order chi connectivity index (χ1) is 9.68. The minimum absolute atomic E-state index is 0.0192. The van der Waals surface area contributed by atoms with E-state index >= 15 is 0 Å². The zero-order valence-corrected chi connectivity index (χ0v) is 12.5. The van der Waals surface area contributed by atoms with Crippen LogP contribution in [0.15, 0.2) is 18.2 Å². The summed E-state index contributed by atoms with van der Waals surface area (Å²) in [5, 5.41) is -0.0865. The Morgan fingerprint density at radius 3 is 2.52 bits per heavy atom. The summed E-state index contributed by atoms with van der Waals surface area (Å²) >= 11 is 5.71. The maximum Gasteiger partial charge on any atom is 0.416 e. The Balaban J connectivity index is 2.22. The highest BCUT2D eigenvalue weighted by Gasteiger charge is 2.33. The van der Waals surface area contributed by atoms with Crippen molar-refractivity contribution in [2.45, 2.75) is 18.6 Å². The van der Waals surface area contributed by atoms with Crippen LogP contribution in [-0.2, 0) is 6.18 Å². The molecule has 3 nitrogen and oxygen atoms in total. The predicted molar refractivity (Wildman–Crippen MR) is 74.4 cm³/mol. The number of likely N-dealkylation sites (tertiary alicyclic amines) is 1. The van der Waals surface area contributed by atoms with Gasteiger partial charge in [0.2, 0.25) is 0 Å². The number of alkyl halides is 3. The van der Waals surface area contributed by atoms with E-state index in [-0.39, 0.29) is 16.6 Å². The van der Waals surface area contributed by atoms with E-state index in [0.717, 1.165) is 18.6 Å². The summed E-state index contributed by atoms with van der Waals surface area (Å²) in [6.07, 6.45) is -3.71. The Kier molecular flexibility index (Phi) is 4.49. The molecule has 7 heteroatoms. The van der Waals surface area contributed by atoms with Gasteiger partial charge in [0.1, 0.15) is 0 Å². The lowest BCUT2D eigenvalue weighted by molar-refractivity contribution is -0.137. The Morgan fingerprint density at radius 2 is 2.00 bits per heavy atom. The van der Waals surface area contributed by atoms with Crippen LogP contribution < -0.4 is 0 Å². The molecule has 116 valence electrons. The van der Waals surface area contributed by atoms with E-state index in [1.807, 2.05) is 19.0 Å². The Labute approximate surface area is 126 Å². The minimum Gasteiger partial charge on any atom is -0.337 e. The second-order valence-corrected chi connectivity index (χ2v) is 5.82. The first-order valence-corrected chi connectivity index (χ1v) is 6.90. The summed E-state index contributed by atoms with van der Waals surface area (Å²) in [6, 6.07) is 3.19. The van der Waals surface area contributed by atoms with Gasteiger partial charge in [0.25, 0.3) is 5.91 Å². The van der Waals surface area contributed by atoms with Gasteiger partial charge >= 0.3 is 6.18 Å². The quantitative estimate of drug-likeness (QED) is 0.836. The molecule has 1 saturated heterocycles. The number of amides is 1. The van der Waals surface area contributed by atoms with Crippen LogP contribution >= 0.6 is 11.6 Å². The molecule has 1 heterocycles. The fourth-order valence-electron chi connectivity index (χ4n) is 2.41. The number of hydrogen-bond acceptors (Lipinski definition) is 2. The average molecular weight is 321 g/mol. The second-order valence-electron chi connectivity index (χ2n) is 5.38. The van der Waals surface area contributed by atoms with Gasteiger partial charge in [-0.05, 0) is 38.7 Å². The number of halogens is 4. The molecule has 0 bridgehead atoms. The molecule has 1 aromatic rings. The third-order valence-electron chi connectivity index (χ3n) is 3.65. The predicted octanol–water partition coefficient (Wildman–Crippen LogP) is 3.13. The van der Waals surface area contributed by atoms with Gasteiger partial charge in [0.15, 0.2) is 0 Å². The third-order valence-corrected chi connectivity index (χ3v) is 3.87. The molecule has 1 atom stereocenters. The van der Waals surface area contributed by atoms with E-state index in [9.17, 15) is 18.0 Å². The lowest BCUT2D eigenvalue weighted by Crippen LogP contribution is -2.34. The molecule has 0 saturated carbocycles. The highest BCUT2D eigenvalue weighted by atomic mass is 35.5. The van der Waals surface area contributed by atoms with Gasteiger partial charge in [0, 0.05) is 29.7 Å². The van der Waals surface area contributed by atoms with Crippen LogP contribution in [0, 0.1) is 0 Å². The summed E-state index contributed by atoms with van der Waals surface area (Å²) in [7, 11) is 3.83. The van der Waals surface area contributed by atoms with Crippen LogP contribution in [0.3, 0.4) is 0 Å². The number of carbonyl (C=O) groups excluding carboxylic acids is 1. The maximum absolute atomic E-state index is 12.8. The Bertz CT molecular complexity index is 546. The van der Waals surface area contributed by atoms with Crippen molar-refractivity contribution < 1.29 is 18.0 Å². The molecule has 2 rings (SSSR count). The topological polar surface area (TPSA) is 23.6 Å². The van der Waals surface area contributed by atoms with Gasteiger partial charge in [-0.15, -0.1) is 0 Å². The van der Waals surface area contributed by atoms with Crippen molar-refractivity contribution in [3.8, 4) is 0 Å². The lowest BCUT2D eigenvalue weighted by Gasteiger charge is -2.21. The maximum atomic E-state index is 12.8. The van der Waals surface area contributed by atoms with E-state index in [4.69, 9.17) is 11.6 Å². The first kappa shape index (κ1) is 16.1. The van der Waals surface area contributed by atoms with Crippen LogP contribution in [0.2, 0.25) is 5.02 Å². The van der Waals surface area contributed by atoms with E-state index in [1.165, 1.54) is 6.07 Å².